The first kappa shape index (κ1) is 14.5. The zero-order valence-electron chi connectivity index (χ0n) is 12.1. The third-order valence-corrected chi connectivity index (χ3v) is 3.47. The molecule has 0 atom stereocenters. The lowest BCUT2D eigenvalue weighted by atomic mass is 10.1. The van der Waals surface area contributed by atoms with Crippen molar-refractivity contribution in [2.24, 2.45) is 0 Å². The molecule has 0 unspecified atom stereocenters. The van der Waals surface area contributed by atoms with Crippen LogP contribution in [0.1, 0.15) is 16.7 Å². The maximum Gasteiger partial charge on any atom is 0.258 e. The van der Waals surface area contributed by atoms with Gasteiger partial charge in [-0.3, -0.25) is 9.59 Å². The second-order valence-electron chi connectivity index (χ2n) is 5.00. The number of hydrogen-bond donors (Lipinski definition) is 0. The lowest BCUT2D eigenvalue weighted by Crippen LogP contribution is -2.29. The monoisotopic (exact) mass is 300 g/mol. The molecule has 4 heteroatoms. The summed E-state index contributed by atoms with van der Waals surface area (Å²) in [5, 5.41) is 8.77. The summed E-state index contributed by atoms with van der Waals surface area (Å²) in [6.45, 7) is 0. The molecule has 0 aromatic heterocycles. The van der Waals surface area contributed by atoms with E-state index in [0.717, 1.165) is 16.0 Å². The summed E-state index contributed by atoms with van der Waals surface area (Å²) in [4.78, 5) is 24.4. The number of nitriles is 1. The summed E-state index contributed by atoms with van der Waals surface area (Å²) in [5.41, 5.74) is 3.12. The Morgan fingerprint density at radius 3 is 1.74 bits per heavy atom. The van der Waals surface area contributed by atoms with Crippen molar-refractivity contribution in [3.05, 3.63) is 77.4 Å². The highest BCUT2D eigenvalue weighted by molar-refractivity contribution is 6.28. The summed E-state index contributed by atoms with van der Waals surface area (Å²) in [6, 6.07) is 16.5. The summed E-state index contributed by atoms with van der Waals surface area (Å²) in [6.07, 6.45) is 6.39. The number of amides is 2. The molecular formula is C19H12N2O2. The van der Waals surface area contributed by atoms with Gasteiger partial charge < -0.3 is 0 Å². The Balaban J connectivity index is 1.74. The Bertz CT molecular complexity index is 836. The van der Waals surface area contributed by atoms with E-state index >= 15 is 0 Å². The molecular weight excluding hydrogens is 288 g/mol. The van der Waals surface area contributed by atoms with E-state index in [9.17, 15) is 9.59 Å². The fourth-order valence-electron chi connectivity index (χ4n) is 2.25. The Morgan fingerprint density at radius 1 is 0.783 bits per heavy atom. The van der Waals surface area contributed by atoms with Crippen molar-refractivity contribution >= 4 is 29.7 Å². The lowest BCUT2D eigenvalue weighted by Gasteiger charge is -2.13. The first-order valence-electron chi connectivity index (χ1n) is 7.02. The van der Waals surface area contributed by atoms with Crippen LogP contribution in [0.3, 0.4) is 0 Å². The Morgan fingerprint density at radius 2 is 1.26 bits per heavy atom. The van der Waals surface area contributed by atoms with Gasteiger partial charge in [-0.1, -0.05) is 36.4 Å². The van der Waals surface area contributed by atoms with Gasteiger partial charge in [0.15, 0.2) is 0 Å². The number of benzene rings is 2. The summed E-state index contributed by atoms with van der Waals surface area (Å²) in [7, 11) is 0. The number of anilines is 1. The largest absolute Gasteiger partial charge is 0.269 e. The molecule has 1 aliphatic rings. The molecule has 0 bridgehead atoms. The second kappa shape index (κ2) is 6.12. The van der Waals surface area contributed by atoms with Crippen molar-refractivity contribution in [3.8, 4) is 6.07 Å². The molecule has 0 radical (unpaired) electrons. The molecule has 1 aliphatic heterocycles. The third kappa shape index (κ3) is 3.09. The van der Waals surface area contributed by atoms with Gasteiger partial charge in [-0.25, -0.2) is 4.90 Å². The quantitative estimate of drug-likeness (QED) is 0.646. The van der Waals surface area contributed by atoms with E-state index in [1.807, 2.05) is 36.4 Å². The van der Waals surface area contributed by atoms with E-state index in [1.54, 1.807) is 24.3 Å². The van der Waals surface area contributed by atoms with E-state index in [-0.39, 0.29) is 11.8 Å². The van der Waals surface area contributed by atoms with Gasteiger partial charge in [0.25, 0.3) is 11.8 Å². The predicted molar refractivity (Wildman–Crippen MR) is 88.2 cm³/mol. The molecule has 0 saturated carbocycles. The fraction of sp³-hybridized carbons (Fsp3) is 0. The number of rotatable bonds is 3. The minimum atomic E-state index is -0.323. The van der Waals surface area contributed by atoms with Crippen LogP contribution >= 0.6 is 0 Å². The summed E-state index contributed by atoms with van der Waals surface area (Å²) >= 11 is 0. The Labute approximate surface area is 133 Å². The number of imide groups is 1. The van der Waals surface area contributed by atoms with Crippen molar-refractivity contribution in [2.75, 3.05) is 4.90 Å². The molecule has 0 fully saturated rings. The van der Waals surface area contributed by atoms with Gasteiger partial charge in [-0.05, 0) is 35.4 Å². The molecule has 0 N–H and O–H groups in total. The highest BCUT2D eigenvalue weighted by Gasteiger charge is 2.24. The van der Waals surface area contributed by atoms with E-state index in [2.05, 4.69) is 6.07 Å². The van der Waals surface area contributed by atoms with Crippen LogP contribution in [-0.2, 0) is 9.59 Å². The van der Waals surface area contributed by atoms with Crippen LogP contribution in [0.4, 0.5) is 5.69 Å². The number of nitrogens with zero attached hydrogens (tertiary/aromatic N) is 2. The number of carbonyl (C=O) groups is 2. The van der Waals surface area contributed by atoms with Crippen molar-refractivity contribution in [1.29, 1.82) is 5.26 Å². The van der Waals surface area contributed by atoms with Crippen molar-refractivity contribution in [3.63, 3.8) is 0 Å². The minimum absolute atomic E-state index is 0.323. The molecule has 2 aromatic carbocycles. The standard InChI is InChI=1S/C19H12N2O2/c20-13-16-5-3-14(4-6-16)1-2-15-7-9-17(10-8-15)21-18(22)11-12-19(21)23/h1-12H. The van der Waals surface area contributed by atoms with Crippen molar-refractivity contribution in [2.45, 2.75) is 0 Å². The van der Waals surface area contributed by atoms with Crippen LogP contribution in [0.25, 0.3) is 12.2 Å². The van der Waals surface area contributed by atoms with Crippen LogP contribution in [-0.4, -0.2) is 11.8 Å². The van der Waals surface area contributed by atoms with Crippen LogP contribution in [0.2, 0.25) is 0 Å². The highest BCUT2D eigenvalue weighted by atomic mass is 16.2. The van der Waals surface area contributed by atoms with Crippen molar-refractivity contribution < 1.29 is 9.59 Å². The van der Waals surface area contributed by atoms with Gasteiger partial charge in [-0.2, -0.15) is 5.26 Å². The molecule has 4 nitrogen and oxygen atoms in total. The molecule has 23 heavy (non-hydrogen) atoms. The van der Waals surface area contributed by atoms with Crippen molar-refractivity contribution in [1.82, 2.24) is 0 Å². The van der Waals surface area contributed by atoms with E-state index in [4.69, 9.17) is 5.26 Å². The molecule has 2 aromatic rings. The topological polar surface area (TPSA) is 61.2 Å². The van der Waals surface area contributed by atoms with E-state index < -0.39 is 0 Å². The summed E-state index contributed by atoms with van der Waals surface area (Å²) in [5.74, 6) is -0.647. The highest BCUT2D eigenvalue weighted by Crippen LogP contribution is 2.20. The Hall–Kier alpha value is -3.45. The van der Waals surface area contributed by atoms with Crippen LogP contribution < -0.4 is 4.90 Å². The molecule has 2 amide bonds. The van der Waals surface area contributed by atoms with Crippen LogP contribution in [0.15, 0.2) is 60.7 Å². The average molecular weight is 300 g/mol. The molecule has 1 heterocycles. The van der Waals surface area contributed by atoms with E-state index in [1.165, 1.54) is 12.2 Å². The molecule has 110 valence electrons. The van der Waals surface area contributed by atoms with Gasteiger partial charge in [-0.15, -0.1) is 0 Å². The van der Waals surface area contributed by atoms with Crippen LogP contribution in [0, 0.1) is 11.3 Å². The predicted octanol–water partition coefficient (Wildman–Crippen LogP) is 3.16. The average Bonchev–Trinajstić information content (AvgIpc) is 2.93. The lowest BCUT2D eigenvalue weighted by molar-refractivity contribution is -0.119. The molecule has 0 saturated heterocycles. The minimum Gasteiger partial charge on any atom is -0.269 e. The van der Waals surface area contributed by atoms with Gasteiger partial charge in [0, 0.05) is 12.2 Å². The van der Waals surface area contributed by atoms with E-state index in [0.29, 0.717) is 11.3 Å². The van der Waals surface area contributed by atoms with Crippen LogP contribution in [0.5, 0.6) is 0 Å². The molecule has 3 rings (SSSR count). The zero-order valence-corrected chi connectivity index (χ0v) is 12.1. The maximum atomic E-state index is 11.6. The maximum absolute atomic E-state index is 11.6. The molecule has 0 spiro atoms. The normalized spacial score (nSPS) is 13.8. The first-order valence-corrected chi connectivity index (χ1v) is 7.02. The SMILES string of the molecule is N#Cc1ccc(C=Cc2ccc(N3C(=O)C=CC3=O)cc2)cc1. The second-order valence-corrected chi connectivity index (χ2v) is 5.00. The smallest absolute Gasteiger partial charge is 0.258 e. The Kier molecular flexibility index (Phi) is 3.86. The van der Waals surface area contributed by atoms with Gasteiger partial charge >= 0.3 is 0 Å². The van der Waals surface area contributed by atoms with Gasteiger partial charge in [0.1, 0.15) is 0 Å². The zero-order chi connectivity index (χ0) is 16.2. The number of hydrogen-bond acceptors (Lipinski definition) is 3. The number of carbonyl (C=O) groups excluding carboxylic acids is 2. The first-order chi connectivity index (χ1) is 11.2. The summed E-state index contributed by atoms with van der Waals surface area (Å²) < 4.78 is 0. The van der Waals surface area contributed by atoms with Gasteiger partial charge in [0.2, 0.25) is 0 Å². The third-order valence-electron chi connectivity index (χ3n) is 3.47. The fourth-order valence-corrected chi connectivity index (χ4v) is 2.25. The molecule has 0 aliphatic carbocycles. The van der Waals surface area contributed by atoms with Gasteiger partial charge in [0.05, 0.1) is 17.3 Å².